The Bertz CT molecular complexity index is 267. The van der Waals surface area contributed by atoms with E-state index in [1.807, 2.05) is 4.68 Å². The lowest BCUT2D eigenvalue weighted by atomic mass is 10.1. The summed E-state index contributed by atoms with van der Waals surface area (Å²) in [5, 5.41) is 8.01. The Morgan fingerprint density at radius 3 is 2.30 bits per heavy atom. The van der Waals surface area contributed by atoms with Gasteiger partial charge in [-0.3, -0.25) is 0 Å². The number of aromatic nitrogens is 3. The van der Waals surface area contributed by atoms with Crippen molar-refractivity contribution in [2.45, 2.75) is 32.7 Å². The van der Waals surface area contributed by atoms with Crippen LogP contribution < -0.4 is 0 Å². The molecule has 1 aliphatic carbocycles. The van der Waals surface area contributed by atoms with E-state index in [1.54, 1.807) is 0 Å². The van der Waals surface area contributed by atoms with E-state index in [2.05, 4.69) is 31.1 Å². The van der Waals surface area contributed by atoms with Gasteiger partial charge in [-0.15, -0.1) is 5.10 Å². The van der Waals surface area contributed by atoms with Crippen LogP contribution in [0.25, 0.3) is 0 Å². The quantitative estimate of drug-likeness (QED) is 0.541. The molecule has 0 bridgehead atoms. The Morgan fingerprint density at radius 2 is 2.10 bits per heavy atom. The van der Waals surface area contributed by atoms with E-state index in [0.717, 1.165) is 6.42 Å². The molecule has 54 valence electrons. The maximum atomic E-state index is 4.02. The van der Waals surface area contributed by atoms with Gasteiger partial charge in [0.1, 0.15) is 0 Å². The molecule has 10 heavy (non-hydrogen) atoms. The second-order valence-corrected chi connectivity index (χ2v) is 3.74. The van der Waals surface area contributed by atoms with E-state index in [0.29, 0.717) is 0 Å². The molecule has 0 aromatic carbocycles. The minimum absolute atomic E-state index is 0.108. The fourth-order valence-electron chi connectivity index (χ4n) is 1.10. The third-order valence-electron chi connectivity index (χ3n) is 1.69. The zero-order valence-electron chi connectivity index (χ0n) is 6.55. The molecular weight excluding hydrogens is 126 g/mol. The first-order valence-electron chi connectivity index (χ1n) is 3.53. The summed E-state index contributed by atoms with van der Waals surface area (Å²) in [5.74, 6) is 0. The van der Waals surface area contributed by atoms with E-state index in [9.17, 15) is 0 Å². The maximum Gasteiger partial charge on any atom is 0.0923 e. The fourth-order valence-corrected chi connectivity index (χ4v) is 1.10. The van der Waals surface area contributed by atoms with Gasteiger partial charge in [0.05, 0.1) is 16.9 Å². The predicted octanol–water partition coefficient (Wildman–Crippen LogP) is 0.937. The van der Waals surface area contributed by atoms with Crippen LogP contribution in [0.4, 0.5) is 0 Å². The zero-order valence-corrected chi connectivity index (χ0v) is 6.55. The summed E-state index contributed by atoms with van der Waals surface area (Å²) in [5.41, 5.74) is 2.60. The minimum atomic E-state index is 0.108. The number of hydrogen-bond acceptors (Lipinski definition) is 2. The summed E-state index contributed by atoms with van der Waals surface area (Å²) in [4.78, 5) is 0. The molecule has 0 saturated heterocycles. The Kier molecular flexibility index (Phi) is 0.832. The van der Waals surface area contributed by atoms with Gasteiger partial charge in [-0.05, 0) is 20.8 Å². The van der Waals surface area contributed by atoms with E-state index in [1.165, 1.54) is 11.4 Å². The molecule has 0 amide bonds. The Hall–Kier alpha value is -0.860. The van der Waals surface area contributed by atoms with Gasteiger partial charge in [-0.1, -0.05) is 5.21 Å². The molecule has 1 heterocycles. The second kappa shape index (κ2) is 1.41. The van der Waals surface area contributed by atoms with Crippen LogP contribution >= 0.6 is 0 Å². The third kappa shape index (κ3) is 0.664. The first kappa shape index (κ1) is 5.89. The van der Waals surface area contributed by atoms with Crippen LogP contribution in [0.3, 0.4) is 0 Å². The predicted molar refractivity (Wildman–Crippen MR) is 37.8 cm³/mol. The lowest BCUT2D eigenvalue weighted by molar-refractivity contribution is 0.339. The molecule has 3 nitrogen and oxygen atoms in total. The zero-order chi connectivity index (χ0) is 7.35. The summed E-state index contributed by atoms with van der Waals surface area (Å²) in [7, 11) is 0. The van der Waals surface area contributed by atoms with Crippen LogP contribution in [0.5, 0.6) is 0 Å². The first-order valence-corrected chi connectivity index (χ1v) is 3.53. The highest BCUT2D eigenvalue weighted by molar-refractivity contribution is 5.32. The smallest absolute Gasteiger partial charge is 0.0923 e. The molecule has 0 unspecified atom stereocenters. The second-order valence-electron chi connectivity index (χ2n) is 3.74. The summed E-state index contributed by atoms with van der Waals surface area (Å²) in [6, 6.07) is 0. The van der Waals surface area contributed by atoms with Crippen LogP contribution in [0.1, 0.15) is 32.2 Å². The van der Waals surface area contributed by atoms with Crippen LogP contribution in [0.15, 0.2) is 0 Å². The maximum absolute atomic E-state index is 4.02. The molecule has 3 heteroatoms. The summed E-state index contributed by atoms with van der Waals surface area (Å²) in [6.07, 6.45) is 1.06. The Labute approximate surface area is 60.0 Å². The third-order valence-corrected chi connectivity index (χ3v) is 1.69. The SMILES string of the molecule is CC(C)(C)n1nnc2c1C2. The van der Waals surface area contributed by atoms with Crippen molar-refractivity contribution in [1.29, 1.82) is 0 Å². The van der Waals surface area contributed by atoms with Crippen molar-refractivity contribution in [3.63, 3.8) is 0 Å². The normalized spacial score (nSPS) is 15.1. The largest absolute Gasteiger partial charge is 0.243 e. The molecule has 2 rings (SSSR count). The highest BCUT2D eigenvalue weighted by Gasteiger charge is 2.31. The molecule has 1 aromatic rings. The van der Waals surface area contributed by atoms with Crippen molar-refractivity contribution in [3.05, 3.63) is 11.4 Å². The molecule has 0 radical (unpaired) electrons. The van der Waals surface area contributed by atoms with Gasteiger partial charge < -0.3 is 0 Å². The number of rotatable bonds is 0. The average Bonchev–Trinajstić information content (AvgIpc) is 2.40. The van der Waals surface area contributed by atoms with E-state index in [-0.39, 0.29) is 5.54 Å². The van der Waals surface area contributed by atoms with Crippen LogP contribution in [-0.2, 0) is 12.0 Å². The molecule has 0 spiro atoms. The fraction of sp³-hybridized carbons (Fsp3) is 0.714. The van der Waals surface area contributed by atoms with Crippen LogP contribution in [0, 0.1) is 0 Å². The van der Waals surface area contributed by atoms with Crippen molar-refractivity contribution in [2.24, 2.45) is 0 Å². The van der Waals surface area contributed by atoms with Gasteiger partial charge in [0.2, 0.25) is 0 Å². The lowest BCUT2D eigenvalue weighted by Gasteiger charge is -2.18. The minimum Gasteiger partial charge on any atom is -0.243 e. The Balaban J connectivity index is 2.45. The van der Waals surface area contributed by atoms with Gasteiger partial charge in [-0.2, -0.15) is 0 Å². The Morgan fingerprint density at radius 1 is 1.40 bits per heavy atom. The van der Waals surface area contributed by atoms with Crippen molar-refractivity contribution in [2.75, 3.05) is 0 Å². The van der Waals surface area contributed by atoms with E-state index < -0.39 is 0 Å². The number of hydrogen-bond donors (Lipinski definition) is 0. The van der Waals surface area contributed by atoms with Crippen molar-refractivity contribution in [3.8, 4) is 0 Å². The highest BCUT2D eigenvalue weighted by atomic mass is 15.5. The van der Waals surface area contributed by atoms with Gasteiger partial charge >= 0.3 is 0 Å². The molecule has 0 aliphatic heterocycles. The molecule has 0 atom stereocenters. The number of fused-ring (bicyclic) bond motifs is 1. The average molecular weight is 137 g/mol. The van der Waals surface area contributed by atoms with Crippen molar-refractivity contribution < 1.29 is 0 Å². The molecule has 0 N–H and O–H groups in total. The van der Waals surface area contributed by atoms with Crippen molar-refractivity contribution >= 4 is 0 Å². The summed E-state index contributed by atoms with van der Waals surface area (Å²) in [6.45, 7) is 6.42. The van der Waals surface area contributed by atoms with Gasteiger partial charge in [0.15, 0.2) is 0 Å². The van der Waals surface area contributed by atoms with E-state index >= 15 is 0 Å². The standard InChI is InChI=1S/C7H11N3/c1-7(2,3)10-6-4-5(6)8-9-10/h4H2,1-3H3. The molecule has 0 fully saturated rings. The topological polar surface area (TPSA) is 30.7 Å². The van der Waals surface area contributed by atoms with Crippen LogP contribution in [-0.4, -0.2) is 15.0 Å². The summed E-state index contributed by atoms with van der Waals surface area (Å²) >= 11 is 0. The van der Waals surface area contributed by atoms with Gasteiger partial charge in [0.25, 0.3) is 0 Å². The number of nitrogens with zero attached hydrogens (tertiary/aromatic N) is 3. The lowest BCUT2D eigenvalue weighted by Crippen LogP contribution is -2.23. The molecule has 0 saturated carbocycles. The highest BCUT2D eigenvalue weighted by Crippen LogP contribution is 2.28. The van der Waals surface area contributed by atoms with Crippen molar-refractivity contribution in [1.82, 2.24) is 15.0 Å². The molecule has 1 aliphatic rings. The van der Waals surface area contributed by atoms with Gasteiger partial charge in [0, 0.05) is 6.42 Å². The van der Waals surface area contributed by atoms with E-state index in [4.69, 9.17) is 0 Å². The molecular formula is C7H11N3. The van der Waals surface area contributed by atoms with Gasteiger partial charge in [-0.25, -0.2) is 4.68 Å². The molecule has 1 aromatic heterocycles. The summed E-state index contributed by atoms with van der Waals surface area (Å²) < 4.78 is 2.00. The first-order chi connectivity index (χ1) is 4.59. The monoisotopic (exact) mass is 137 g/mol. The van der Waals surface area contributed by atoms with Crippen LogP contribution in [0.2, 0.25) is 0 Å².